The van der Waals surface area contributed by atoms with E-state index in [1.807, 2.05) is 6.92 Å². The van der Waals surface area contributed by atoms with E-state index in [0.29, 0.717) is 5.52 Å². The molecule has 0 unspecified atom stereocenters. The first kappa shape index (κ1) is 17.4. The third-order valence-corrected chi connectivity index (χ3v) is 6.54. The molecule has 0 saturated carbocycles. The maximum Gasteiger partial charge on any atom is 0.238 e. The predicted octanol–water partition coefficient (Wildman–Crippen LogP) is 3.01. The van der Waals surface area contributed by atoms with Gasteiger partial charge in [-0.25, -0.2) is 23.5 Å². The van der Waals surface area contributed by atoms with Gasteiger partial charge >= 0.3 is 0 Å². The molecule has 0 amide bonds. The van der Waals surface area contributed by atoms with Crippen LogP contribution < -0.4 is 5.14 Å². The van der Waals surface area contributed by atoms with E-state index in [0.717, 1.165) is 40.1 Å². The number of thiazole rings is 1. The molecule has 0 aliphatic heterocycles. The van der Waals surface area contributed by atoms with Crippen LogP contribution in [0.4, 0.5) is 0 Å². The zero-order valence-corrected chi connectivity index (χ0v) is 15.8. The second-order valence-corrected chi connectivity index (χ2v) is 8.66. The van der Waals surface area contributed by atoms with Crippen LogP contribution in [0.5, 0.6) is 0 Å². The minimum absolute atomic E-state index is 0.0828. The highest BCUT2D eigenvalue weighted by Crippen LogP contribution is 2.28. The molecule has 0 bridgehead atoms. The van der Waals surface area contributed by atoms with Crippen LogP contribution in [0.25, 0.3) is 11.0 Å². The summed E-state index contributed by atoms with van der Waals surface area (Å²) in [6.07, 6.45) is 0.944. The number of aromatic nitrogens is 3. The SMILES string of the molecule is CCc1nc(CSc2nc3cc(S(N)(=O)=O)ccc3n2CC)cs1. The van der Waals surface area contributed by atoms with Crippen molar-refractivity contribution >= 4 is 44.2 Å². The molecule has 0 atom stereocenters. The topological polar surface area (TPSA) is 90.9 Å². The van der Waals surface area contributed by atoms with Gasteiger partial charge in [-0.3, -0.25) is 0 Å². The van der Waals surface area contributed by atoms with E-state index < -0.39 is 10.0 Å². The number of thioether (sulfide) groups is 1. The molecule has 3 aromatic rings. The summed E-state index contributed by atoms with van der Waals surface area (Å²) in [5, 5.41) is 9.26. The van der Waals surface area contributed by atoms with E-state index in [1.165, 1.54) is 12.1 Å². The van der Waals surface area contributed by atoms with Gasteiger partial charge in [0.25, 0.3) is 0 Å². The number of hydrogen-bond donors (Lipinski definition) is 1. The van der Waals surface area contributed by atoms with E-state index in [-0.39, 0.29) is 4.90 Å². The van der Waals surface area contributed by atoms with E-state index in [2.05, 4.69) is 26.8 Å². The molecule has 0 radical (unpaired) electrons. The second kappa shape index (κ2) is 6.83. The molecule has 9 heteroatoms. The Kier molecular flexibility index (Phi) is 4.95. The molecular weight excluding hydrogens is 364 g/mol. The van der Waals surface area contributed by atoms with Gasteiger partial charge in [0.15, 0.2) is 5.16 Å². The van der Waals surface area contributed by atoms with Gasteiger partial charge < -0.3 is 4.57 Å². The average molecular weight is 383 g/mol. The molecule has 2 aromatic heterocycles. The number of hydrogen-bond acceptors (Lipinski definition) is 6. The molecule has 2 heterocycles. The Morgan fingerprint density at radius 1 is 1.29 bits per heavy atom. The number of primary sulfonamides is 1. The van der Waals surface area contributed by atoms with Crippen molar-refractivity contribution in [1.82, 2.24) is 14.5 Å². The van der Waals surface area contributed by atoms with Crippen LogP contribution in [0.3, 0.4) is 0 Å². The van der Waals surface area contributed by atoms with E-state index >= 15 is 0 Å². The second-order valence-electron chi connectivity index (χ2n) is 5.21. The highest BCUT2D eigenvalue weighted by Gasteiger charge is 2.15. The molecule has 3 rings (SSSR count). The van der Waals surface area contributed by atoms with Crippen molar-refractivity contribution in [3.63, 3.8) is 0 Å². The zero-order chi connectivity index (χ0) is 17.3. The Labute approximate surface area is 149 Å². The minimum atomic E-state index is -3.72. The number of nitrogens with zero attached hydrogens (tertiary/aromatic N) is 3. The molecule has 0 aliphatic carbocycles. The van der Waals surface area contributed by atoms with Gasteiger partial charge in [-0.1, -0.05) is 18.7 Å². The largest absolute Gasteiger partial charge is 0.319 e. The van der Waals surface area contributed by atoms with Crippen LogP contribution in [-0.4, -0.2) is 23.0 Å². The number of imidazole rings is 1. The lowest BCUT2D eigenvalue weighted by Crippen LogP contribution is -2.11. The quantitative estimate of drug-likeness (QED) is 0.662. The number of aryl methyl sites for hydroxylation is 2. The van der Waals surface area contributed by atoms with E-state index in [9.17, 15) is 8.42 Å². The summed E-state index contributed by atoms with van der Waals surface area (Å²) in [6, 6.07) is 4.81. The van der Waals surface area contributed by atoms with Crippen molar-refractivity contribution < 1.29 is 8.42 Å². The standard InChI is InChI=1S/C15H18N4O2S3/c1-3-14-17-10(8-22-14)9-23-15-18-12-7-11(24(16,20)21)5-6-13(12)19(15)4-2/h5-8H,3-4,9H2,1-2H3,(H2,16,20,21). The van der Waals surface area contributed by atoms with Crippen molar-refractivity contribution in [2.45, 2.75) is 42.6 Å². The van der Waals surface area contributed by atoms with Gasteiger partial charge in [0, 0.05) is 17.7 Å². The fourth-order valence-corrected chi connectivity index (χ4v) is 4.75. The Morgan fingerprint density at radius 2 is 2.08 bits per heavy atom. The first-order chi connectivity index (χ1) is 11.4. The molecule has 128 valence electrons. The van der Waals surface area contributed by atoms with Crippen LogP contribution >= 0.6 is 23.1 Å². The molecule has 0 fully saturated rings. The predicted molar refractivity (Wildman–Crippen MR) is 97.8 cm³/mol. The van der Waals surface area contributed by atoms with Crippen molar-refractivity contribution in [2.75, 3.05) is 0 Å². The molecule has 24 heavy (non-hydrogen) atoms. The number of sulfonamides is 1. The molecule has 0 saturated heterocycles. The van der Waals surface area contributed by atoms with Crippen LogP contribution in [0, 0.1) is 0 Å². The number of fused-ring (bicyclic) bond motifs is 1. The minimum Gasteiger partial charge on any atom is -0.319 e. The van der Waals surface area contributed by atoms with Crippen molar-refractivity contribution in [3.8, 4) is 0 Å². The summed E-state index contributed by atoms with van der Waals surface area (Å²) in [4.78, 5) is 9.23. The van der Waals surface area contributed by atoms with Crippen LogP contribution in [0.1, 0.15) is 24.5 Å². The zero-order valence-electron chi connectivity index (χ0n) is 13.4. The Bertz CT molecular complexity index is 976. The molecule has 1 aromatic carbocycles. The molecule has 6 nitrogen and oxygen atoms in total. The maximum absolute atomic E-state index is 11.5. The Hall–Kier alpha value is -1.42. The Balaban J connectivity index is 1.92. The van der Waals surface area contributed by atoms with Gasteiger partial charge in [-0.2, -0.15) is 0 Å². The van der Waals surface area contributed by atoms with E-state index in [1.54, 1.807) is 29.2 Å². The summed E-state index contributed by atoms with van der Waals surface area (Å²) in [6.45, 7) is 4.89. The summed E-state index contributed by atoms with van der Waals surface area (Å²) in [7, 11) is -3.72. The van der Waals surface area contributed by atoms with Gasteiger partial charge in [-0.05, 0) is 31.5 Å². The monoisotopic (exact) mass is 382 g/mol. The molecule has 0 spiro atoms. The number of rotatable bonds is 6. The highest BCUT2D eigenvalue weighted by atomic mass is 32.2. The van der Waals surface area contributed by atoms with Crippen molar-refractivity contribution in [3.05, 3.63) is 34.3 Å². The van der Waals surface area contributed by atoms with Gasteiger partial charge in [0.2, 0.25) is 10.0 Å². The smallest absolute Gasteiger partial charge is 0.238 e. The summed E-state index contributed by atoms with van der Waals surface area (Å²) < 4.78 is 25.1. The molecule has 0 aliphatic rings. The molecule has 2 N–H and O–H groups in total. The lowest BCUT2D eigenvalue weighted by atomic mass is 10.3. The fourth-order valence-electron chi connectivity index (χ4n) is 2.40. The lowest BCUT2D eigenvalue weighted by Gasteiger charge is -2.05. The number of benzene rings is 1. The van der Waals surface area contributed by atoms with Crippen LogP contribution in [-0.2, 0) is 28.7 Å². The number of nitrogens with two attached hydrogens (primary N) is 1. The maximum atomic E-state index is 11.5. The van der Waals surface area contributed by atoms with Gasteiger partial charge in [0.1, 0.15) is 0 Å². The fraction of sp³-hybridized carbons (Fsp3) is 0.333. The normalized spacial score (nSPS) is 12.1. The van der Waals surface area contributed by atoms with Crippen molar-refractivity contribution in [2.24, 2.45) is 5.14 Å². The Morgan fingerprint density at radius 3 is 2.71 bits per heavy atom. The third-order valence-electron chi connectivity index (χ3n) is 3.58. The van der Waals surface area contributed by atoms with E-state index in [4.69, 9.17) is 5.14 Å². The lowest BCUT2D eigenvalue weighted by molar-refractivity contribution is 0.598. The summed E-state index contributed by atoms with van der Waals surface area (Å²) >= 11 is 3.28. The van der Waals surface area contributed by atoms with Gasteiger partial charge in [-0.15, -0.1) is 11.3 Å². The molecular formula is C15H18N4O2S3. The van der Waals surface area contributed by atoms with Gasteiger partial charge in [0.05, 0.1) is 26.6 Å². The average Bonchev–Trinajstić information content (AvgIpc) is 3.14. The first-order valence-electron chi connectivity index (χ1n) is 7.51. The van der Waals surface area contributed by atoms with Crippen molar-refractivity contribution in [1.29, 1.82) is 0 Å². The summed E-state index contributed by atoms with van der Waals surface area (Å²) in [5.74, 6) is 0.738. The highest BCUT2D eigenvalue weighted by molar-refractivity contribution is 7.98. The van der Waals surface area contributed by atoms with Crippen LogP contribution in [0.2, 0.25) is 0 Å². The first-order valence-corrected chi connectivity index (χ1v) is 10.9. The third kappa shape index (κ3) is 3.49. The van der Waals surface area contributed by atoms with Crippen LogP contribution in [0.15, 0.2) is 33.6 Å². The summed E-state index contributed by atoms with van der Waals surface area (Å²) in [5.41, 5.74) is 2.58.